The number of quaternary nitrogens is 1. The van der Waals surface area contributed by atoms with E-state index in [0.717, 1.165) is 63.6 Å². The minimum Gasteiger partial charge on any atom is -0.454 e. The first-order valence-electron chi connectivity index (χ1n) is 17.8. The summed E-state index contributed by atoms with van der Waals surface area (Å²) in [4.78, 5) is 12.7. The Hall–Kier alpha value is -2.23. The molecule has 1 aromatic carbocycles. The highest BCUT2D eigenvalue weighted by atomic mass is 16.6. The van der Waals surface area contributed by atoms with Crippen LogP contribution in [0.2, 0.25) is 0 Å². The van der Waals surface area contributed by atoms with Crippen molar-refractivity contribution < 1.29 is 14.8 Å². The Morgan fingerprint density at radius 3 is 1.62 bits per heavy atom. The lowest BCUT2D eigenvalue weighted by atomic mass is 9.84. The fourth-order valence-corrected chi connectivity index (χ4v) is 6.03. The summed E-state index contributed by atoms with van der Waals surface area (Å²) in [5.74, 6) is 12.5. The first-order chi connectivity index (χ1) is 20.8. The molecule has 0 spiro atoms. The molecular formula is C39H62NO2+. The number of hydrogen-bond donors (Lipinski definition) is 1. The van der Waals surface area contributed by atoms with Gasteiger partial charge in [-0.25, -0.2) is 0 Å². The van der Waals surface area contributed by atoms with Crippen LogP contribution in [0.5, 0.6) is 0 Å². The summed E-state index contributed by atoms with van der Waals surface area (Å²) < 4.78 is 6.13. The van der Waals surface area contributed by atoms with E-state index in [2.05, 4.69) is 48.1 Å². The molecule has 0 radical (unpaired) electrons. The van der Waals surface area contributed by atoms with Crippen LogP contribution in [0.1, 0.15) is 167 Å². The van der Waals surface area contributed by atoms with Gasteiger partial charge in [-0.3, -0.25) is 4.79 Å². The molecule has 2 N–H and O–H groups in total. The van der Waals surface area contributed by atoms with Gasteiger partial charge in [0.25, 0.3) is 0 Å². The van der Waals surface area contributed by atoms with Crippen molar-refractivity contribution in [3.05, 3.63) is 35.9 Å². The monoisotopic (exact) mass is 576 g/mol. The van der Waals surface area contributed by atoms with Crippen molar-refractivity contribution in [3.63, 3.8) is 0 Å². The number of hydrogen-bond acceptors (Lipinski definition) is 2. The highest BCUT2D eigenvalue weighted by Crippen LogP contribution is 2.34. The van der Waals surface area contributed by atoms with Crippen molar-refractivity contribution in [1.82, 2.24) is 0 Å². The molecule has 1 fully saturated rings. The first kappa shape index (κ1) is 36.0. The van der Waals surface area contributed by atoms with Crippen LogP contribution in [0, 0.1) is 23.7 Å². The van der Waals surface area contributed by atoms with Crippen LogP contribution < -0.4 is 5.32 Å². The predicted octanol–water partition coefficient (Wildman–Crippen LogP) is 9.39. The van der Waals surface area contributed by atoms with Crippen LogP contribution >= 0.6 is 0 Å². The normalized spacial score (nSPS) is 13.9. The molecule has 0 amide bonds. The average Bonchev–Trinajstić information content (AvgIpc) is 3.02. The predicted molar refractivity (Wildman–Crippen MR) is 178 cm³/mol. The van der Waals surface area contributed by atoms with Crippen molar-refractivity contribution in [2.45, 2.75) is 167 Å². The molecule has 3 heteroatoms. The number of piperidine rings is 1. The van der Waals surface area contributed by atoms with Gasteiger partial charge < -0.3 is 10.1 Å². The number of ether oxygens (including phenoxy) is 1. The maximum atomic E-state index is 12.7. The number of unbranched alkanes of at least 4 members (excludes halogenated alkanes) is 19. The van der Waals surface area contributed by atoms with Gasteiger partial charge >= 0.3 is 5.97 Å². The third-order valence-electron chi connectivity index (χ3n) is 8.69. The zero-order valence-corrected chi connectivity index (χ0v) is 27.2. The van der Waals surface area contributed by atoms with E-state index >= 15 is 0 Å². The standard InChI is InChI=1S/C39H61NO2/c1-2-3-4-5-6-7-8-9-10-11-12-13-14-15-16-17-18-19-20-21-22-23-24-25-29-32-38(41)42-39(33-35-40-36-34-39)37-30-27-26-28-31-37/h26-28,30-31,40H,2-15,20-25,29,32-36H2,1H3/p+1. The Morgan fingerprint density at radius 1 is 0.667 bits per heavy atom. The Bertz CT molecular complexity index is 910. The van der Waals surface area contributed by atoms with Crippen molar-refractivity contribution in [2.75, 3.05) is 13.1 Å². The zero-order valence-electron chi connectivity index (χ0n) is 27.2. The molecule has 0 saturated carbocycles. The van der Waals surface area contributed by atoms with Gasteiger partial charge in [-0.15, -0.1) is 0 Å². The summed E-state index contributed by atoms with van der Waals surface area (Å²) in [6, 6.07) is 10.3. The van der Waals surface area contributed by atoms with Crippen LogP contribution in [0.4, 0.5) is 0 Å². The quantitative estimate of drug-likeness (QED) is 0.0801. The average molecular weight is 577 g/mol. The Morgan fingerprint density at radius 2 is 1.12 bits per heavy atom. The topological polar surface area (TPSA) is 42.9 Å². The summed E-state index contributed by atoms with van der Waals surface area (Å²) >= 11 is 0. The molecule has 0 aliphatic carbocycles. The Kier molecular flexibility index (Phi) is 21.7. The van der Waals surface area contributed by atoms with Crippen molar-refractivity contribution in [1.29, 1.82) is 0 Å². The fraction of sp³-hybridized carbons (Fsp3) is 0.718. The van der Waals surface area contributed by atoms with Gasteiger partial charge in [-0.1, -0.05) is 152 Å². The molecule has 42 heavy (non-hydrogen) atoms. The summed E-state index contributed by atoms with van der Waals surface area (Å²) in [7, 11) is 0. The van der Waals surface area contributed by atoms with Gasteiger partial charge in [-0.2, -0.15) is 0 Å². The highest BCUT2D eigenvalue weighted by Gasteiger charge is 2.39. The second-order valence-corrected chi connectivity index (χ2v) is 12.4. The SMILES string of the molecule is CCCCCCCCCCCCCCCC#CC#CCCCCCCCCC(=O)OC1(c2ccccc2)CC[NH2+]CC1. The van der Waals surface area contributed by atoms with E-state index in [1.165, 1.54) is 103 Å². The lowest BCUT2D eigenvalue weighted by Crippen LogP contribution is -2.87. The summed E-state index contributed by atoms with van der Waals surface area (Å²) in [6.07, 6.45) is 29.1. The van der Waals surface area contributed by atoms with E-state index in [4.69, 9.17) is 4.74 Å². The zero-order chi connectivity index (χ0) is 29.8. The summed E-state index contributed by atoms with van der Waals surface area (Å²) in [6.45, 7) is 4.31. The van der Waals surface area contributed by atoms with Gasteiger partial charge in [-0.05, 0) is 36.7 Å². The minimum atomic E-state index is -0.426. The highest BCUT2D eigenvalue weighted by molar-refractivity contribution is 5.70. The van der Waals surface area contributed by atoms with E-state index in [1.807, 2.05) is 18.2 Å². The molecule has 0 aromatic heterocycles. The Balaban J connectivity index is 1.37. The van der Waals surface area contributed by atoms with Gasteiger partial charge in [0.1, 0.15) is 5.60 Å². The van der Waals surface area contributed by atoms with E-state index in [-0.39, 0.29) is 5.97 Å². The molecule has 1 aromatic rings. The van der Waals surface area contributed by atoms with Gasteiger partial charge in [0.05, 0.1) is 13.1 Å². The summed E-state index contributed by atoms with van der Waals surface area (Å²) in [5, 5.41) is 2.32. The number of nitrogens with two attached hydrogens (primary N) is 1. The van der Waals surface area contributed by atoms with Crippen LogP contribution in [0.3, 0.4) is 0 Å². The molecule has 1 aliphatic heterocycles. The lowest BCUT2D eigenvalue weighted by Gasteiger charge is -2.36. The molecule has 1 aliphatic rings. The molecule has 1 heterocycles. The van der Waals surface area contributed by atoms with E-state index < -0.39 is 5.60 Å². The molecule has 3 nitrogen and oxygen atoms in total. The number of carbonyl (C=O) groups excluding carboxylic acids is 1. The van der Waals surface area contributed by atoms with E-state index in [1.54, 1.807) is 0 Å². The largest absolute Gasteiger partial charge is 0.454 e. The van der Waals surface area contributed by atoms with Gasteiger partial charge in [0, 0.05) is 32.1 Å². The second-order valence-electron chi connectivity index (χ2n) is 12.4. The van der Waals surface area contributed by atoms with Crippen LogP contribution in [-0.4, -0.2) is 19.1 Å². The number of rotatable bonds is 23. The number of carbonyl (C=O) groups is 1. The summed E-state index contributed by atoms with van der Waals surface area (Å²) in [5.41, 5.74) is 0.723. The van der Waals surface area contributed by atoms with E-state index in [9.17, 15) is 4.79 Å². The smallest absolute Gasteiger partial charge is 0.306 e. The fourth-order valence-electron chi connectivity index (χ4n) is 6.03. The third-order valence-corrected chi connectivity index (χ3v) is 8.69. The third kappa shape index (κ3) is 17.7. The maximum Gasteiger partial charge on any atom is 0.306 e. The van der Waals surface area contributed by atoms with Crippen LogP contribution in [-0.2, 0) is 15.1 Å². The molecular weight excluding hydrogens is 514 g/mol. The lowest BCUT2D eigenvalue weighted by molar-refractivity contribution is -0.668. The molecule has 0 unspecified atom stereocenters. The van der Waals surface area contributed by atoms with E-state index in [0.29, 0.717) is 6.42 Å². The van der Waals surface area contributed by atoms with Crippen LogP contribution in [0.15, 0.2) is 30.3 Å². The second kappa shape index (κ2) is 25.3. The molecule has 1 saturated heterocycles. The molecule has 234 valence electrons. The van der Waals surface area contributed by atoms with Gasteiger partial charge in [0.15, 0.2) is 0 Å². The molecule has 0 atom stereocenters. The Labute approximate surface area is 259 Å². The number of esters is 1. The van der Waals surface area contributed by atoms with Crippen LogP contribution in [0.25, 0.3) is 0 Å². The van der Waals surface area contributed by atoms with Crippen molar-refractivity contribution in [2.24, 2.45) is 0 Å². The maximum absolute atomic E-state index is 12.7. The number of benzene rings is 1. The van der Waals surface area contributed by atoms with Crippen molar-refractivity contribution in [3.8, 4) is 23.7 Å². The van der Waals surface area contributed by atoms with Crippen molar-refractivity contribution >= 4 is 5.97 Å². The van der Waals surface area contributed by atoms with Gasteiger partial charge in [0.2, 0.25) is 0 Å². The molecule has 2 rings (SSSR count). The first-order valence-corrected chi connectivity index (χ1v) is 17.8. The minimum absolute atomic E-state index is 0.0359. The molecule has 0 bridgehead atoms.